The van der Waals surface area contributed by atoms with E-state index in [4.69, 9.17) is 15.2 Å². The number of amides is 1. The molecule has 19 heavy (non-hydrogen) atoms. The molecule has 0 bridgehead atoms. The van der Waals surface area contributed by atoms with Gasteiger partial charge in [0.1, 0.15) is 11.5 Å². The molecule has 0 atom stereocenters. The number of anilines is 2. The second-order valence-corrected chi connectivity index (χ2v) is 4.67. The van der Waals surface area contributed by atoms with Crippen LogP contribution in [0.1, 0.15) is 9.67 Å². The topological polar surface area (TPSA) is 73.6 Å². The lowest BCUT2D eigenvalue weighted by Crippen LogP contribution is -2.10. The van der Waals surface area contributed by atoms with Crippen LogP contribution in [0.5, 0.6) is 11.5 Å². The first-order valence-electron chi connectivity index (χ1n) is 5.51. The van der Waals surface area contributed by atoms with Crippen LogP contribution < -0.4 is 20.5 Å². The lowest BCUT2D eigenvalue weighted by Gasteiger charge is -2.08. The Kier molecular flexibility index (Phi) is 3.91. The van der Waals surface area contributed by atoms with Gasteiger partial charge in [-0.25, -0.2) is 0 Å². The van der Waals surface area contributed by atoms with E-state index in [0.717, 1.165) is 0 Å². The molecule has 0 fully saturated rings. The predicted octanol–water partition coefficient (Wildman–Crippen LogP) is 2.60. The number of hydrogen-bond acceptors (Lipinski definition) is 5. The van der Waals surface area contributed by atoms with E-state index in [9.17, 15) is 4.79 Å². The SMILES string of the molecule is COc1csc(C(=O)Nc2ccc(OC)c(N)c2)c1. The molecule has 1 aromatic carbocycles. The average Bonchev–Trinajstić information content (AvgIpc) is 2.88. The maximum atomic E-state index is 12.0. The first-order valence-corrected chi connectivity index (χ1v) is 6.39. The predicted molar refractivity (Wildman–Crippen MR) is 76.2 cm³/mol. The zero-order chi connectivity index (χ0) is 13.8. The van der Waals surface area contributed by atoms with Crippen molar-refractivity contribution in [2.24, 2.45) is 0 Å². The zero-order valence-electron chi connectivity index (χ0n) is 10.6. The number of thiophene rings is 1. The largest absolute Gasteiger partial charge is 0.496 e. The van der Waals surface area contributed by atoms with E-state index in [1.165, 1.54) is 11.3 Å². The number of nitrogens with two attached hydrogens (primary N) is 1. The fourth-order valence-electron chi connectivity index (χ4n) is 1.55. The summed E-state index contributed by atoms with van der Waals surface area (Å²) in [6.07, 6.45) is 0. The van der Waals surface area contributed by atoms with Crippen molar-refractivity contribution in [3.05, 3.63) is 34.5 Å². The summed E-state index contributed by atoms with van der Waals surface area (Å²) in [4.78, 5) is 12.6. The lowest BCUT2D eigenvalue weighted by molar-refractivity contribution is 0.103. The smallest absolute Gasteiger partial charge is 0.265 e. The van der Waals surface area contributed by atoms with E-state index in [1.54, 1.807) is 43.9 Å². The number of rotatable bonds is 4. The summed E-state index contributed by atoms with van der Waals surface area (Å²) in [6.45, 7) is 0. The summed E-state index contributed by atoms with van der Waals surface area (Å²) < 4.78 is 10.1. The van der Waals surface area contributed by atoms with Crippen molar-refractivity contribution in [2.75, 3.05) is 25.3 Å². The number of methoxy groups -OCH3 is 2. The molecule has 0 aliphatic carbocycles. The summed E-state index contributed by atoms with van der Waals surface area (Å²) in [5.74, 6) is 1.05. The molecule has 0 saturated heterocycles. The molecule has 0 aliphatic rings. The van der Waals surface area contributed by atoms with Gasteiger partial charge in [-0.15, -0.1) is 11.3 Å². The van der Waals surface area contributed by atoms with Gasteiger partial charge < -0.3 is 20.5 Å². The van der Waals surface area contributed by atoms with Crippen molar-refractivity contribution >= 4 is 28.6 Å². The molecule has 2 aromatic rings. The van der Waals surface area contributed by atoms with E-state index in [-0.39, 0.29) is 5.91 Å². The molecule has 0 saturated carbocycles. The minimum Gasteiger partial charge on any atom is -0.496 e. The molecule has 6 heteroatoms. The highest BCUT2D eigenvalue weighted by Crippen LogP contribution is 2.26. The zero-order valence-corrected chi connectivity index (χ0v) is 11.4. The Bertz CT molecular complexity index is 595. The highest BCUT2D eigenvalue weighted by atomic mass is 32.1. The molecule has 0 radical (unpaired) electrons. The summed E-state index contributed by atoms with van der Waals surface area (Å²) in [5, 5.41) is 4.54. The van der Waals surface area contributed by atoms with Gasteiger partial charge in [0.2, 0.25) is 0 Å². The Balaban J connectivity index is 2.12. The van der Waals surface area contributed by atoms with Gasteiger partial charge in [0.15, 0.2) is 0 Å². The van der Waals surface area contributed by atoms with Gasteiger partial charge in [0.25, 0.3) is 5.91 Å². The fourth-order valence-corrected chi connectivity index (χ4v) is 2.30. The van der Waals surface area contributed by atoms with Gasteiger partial charge in [-0.1, -0.05) is 0 Å². The van der Waals surface area contributed by atoms with Crippen LogP contribution in [0.15, 0.2) is 29.6 Å². The summed E-state index contributed by atoms with van der Waals surface area (Å²) in [5.41, 5.74) is 6.88. The van der Waals surface area contributed by atoms with Gasteiger partial charge in [0.05, 0.1) is 24.8 Å². The van der Waals surface area contributed by atoms with Crippen LogP contribution in [0.4, 0.5) is 11.4 Å². The number of benzene rings is 1. The second kappa shape index (κ2) is 5.62. The normalized spacial score (nSPS) is 10.0. The number of ether oxygens (including phenoxy) is 2. The Hall–Kier alpha value is -2.21. The average molecular weight is 278 g/mol. The number of carbonyl (C=O) groups is 1. The molecular weight excluding hydrogens is 264 g/mol. The van der Waals surface area contributed by atoms with Crippen LogP contribution in [0.2, 0.25) is 0 Å². The number of hydrogen-bond donors (Lipinski definition) is 2. The van der Waals surface area contributed by atoms with Crippen LogP contribution in [0, 0.1) is 0 Å². The van der Waals surface area contributed by atoms with Gasteiger partial charge in [-0.2, -0.15) is 0 Å². The standard InChI is InChI=1S/C13H14N2O3S/c1-17-9-6-12(19-7-9)13(16)15-8-3-4-11(18-2)10(14)5-8/h3-7H,14H2,1-2H3,(H,15,16). The maximum absolute atomic E-state index is 12.0. The first kappa shape index (κ1) is 13.2. The highest BCUT2D eigenvalue weighted by molar-refractivity contribution is 7.12. The molecule has 0 aliphatic heterocycles. The minimum atomic E-state index is -0.196. The van der Waals surface area contributed by atoms with Gasteiger partial charge >= 0.3 is 0 Å². The maximum Gasteiger partial charge on any atom is 0.265 e. The lowest BCUT2D eigenvalue weighted by atomic mass is 10.2. The van der Waals surface area contributed by atoms with Crippen LogP contribution in [-0.2, 0) is 0 Å². The van der Waals surface area contributed by atoms with Crippen molar-refractivity contribution in [1.29, 1.82) is 0 Å². The molecule has 0 unspecified atom stereocenters. The molecule has 100 valence electrons. The summed E-state index contributed by atoms with van der Waals surface area (Å²) in [7, 11) is 3.11. The number of nitrogens with one attached hydrogen (secondary N) is 1. The van der Waals surface area contributed by atoms with E-state index >= 15 is 0 Å². The number of nitrogen functional groups attached to an aromatic ring is 1. The van der Waals surface area contributed by atoms with E-state index in [0.29, 0.717) is 27.8 Å². The van der Waals surface area contributed by atoms with Crippen LogP contribution in [0.3, 0.4) is 0 Å². The molecule has 2 rings (SSSR count). The van der Waals surface area contributed by atoms with E-state index in [1.807, 2.05) is 0 Å². The summed E-state index contributed by atoms with van der Waals surface area (Å²) >= 11 is 1.32. The quantitative estimate of drug-likeness (QED) is 0.843. The molecule has 5 nitrogen and oxygen atoms in total. The number of carbonyl (C=O) groups excluding carboxylic acids is 1. The second-order valence-electron chi connectivity index (χ2n) is 3.76. The molecule has 1 heterocycles. The van der Waals surface area contributed by atoms with Crippen molar-refractivity contribution in [2.45, 2.75) is 0 Å². The molecule has 1 amide bonds. The van der Waals surface area contributed by atoms with Crippen molar-refractivity contribution in [1.82, 2.24) is 0 Å². The monoisotopic (exact) mass is 278 g/mol. The fraction of sp³-hybridized carbons (Fsp3) is 0.154. The molecule has 1 aromatic heterocycles. The third-order valence-corrected chi connectivity index (χ3v) is 3.43. The molecule has 3 N–H and O–H groups in total. The van der Waals surface area contributed by atoms with Crippen LogP contribution in [0.25, 0.3) is 0 Å². The molecular formula is C13H14N2O3S. The van der Waals surface area contributed by atoms with Gasteiger partial charge in [-0.3, -0.25) is 4.79 Å². The summed E-state index contributed by atoms with van der Waals surface area (Å²) in [6, 6.07) is 6.78. The third kappa shape index (κ3) is 2.97. The Morgan fingerprint density at radius 1 is 1.26 bits per heavy atom. The van der Waals surface area contributed by atoms with E-state index in [2.05, 4.69) is 5.32 Å². The van der Waals surface area contributed by atoms with Crippen molar-refractivity contribution in [3.8, 4) is 11.5 Å². The Morgan fingerprint density at radius 2 is 2.05 bits per heavy atom. The minimum absolute atomic E-state index is 0.196. The Morgan fingerprint density at radius 3 is 2.63 bits per heavy atom. The van der Waals surface area contributed by atoms with Gasteiger partial charge in [-0.05, 0) is 18.2 Å². The van der Waals surface area contributed by atoms with Crippen molar-refractivity contribution in [3.63, 3.8) is 0 Å². The van der Waals surface area contributed by atoms with Gasteiger partial charge in [0, 0.05) is 17.1 Å². The molecule has 0 spiro atoms. The van der Waals surface area contributed by atoms with E-state index < -0.39 is 0 Å². The van der Waals surface area contributed by atoms with Crippen LogP contribution in [-0.4, -0.2) is 20.1 Å². The van der Waals surface area contributed by atoms with Crippen LogP contribution >= 0.6 is 11.3 Å². The first-order chi connectivity index (χ1) is 9.13. The Labute approximate surface area is 115 Å². The highest BCUT2D eigenvalue weighted by Gasteiger charge is 2.10. The van der Waals surface area contributed by atoms with Crippen molar-refractivity contribution < 1.29 is 14.3 Å². The third-order valence-electron chi connectivity index (χ3n) is 2.52.